The number of anilines is 1. The van der Waals surface area contributed by atoms with E-state index in [2.05, 4.69) is 14.7 Å². The lowest BCUT2D eigenvalue weighted by molar-refractivity contribution is 0.0595. The summed E-state index contributed by atoms with van der Waals surface area (Å²) in [6, 6.07) is 3.46. The van der Waals surface area contributed by atoms with E-state index in [-0.39, 0.29) is 22.4 Å². The predicted molar refractivity (Wildman–Crippen MR) is 65.2 cm³/mol. The summed E-state index contributed by atoms with van der Waals surface area (Å²) in [5.74, 6) is 0.394. The van der Waals surface area contributed by atoms with Crippen molar-refractivity contribution in [2.75, 3.05) is 12.8 Å². The molecule has 2 N–H and O–H groups in total. The SMILES string of the molecule is COC(=O)c1nc(Cl)c(-c2ccc(C)o2)nc1N. The maximum Gasteiger partial charge on any atom is 0.360 e. The van der Waals surface area contributed by atoms with Crippen molar-refractivity contribution in [2.24, 2.45) is 0 Å². The lowest BCUT2D eigenvalue weighted by Gasteiger charge is -2.05. The number of aromatic nitrogens is 2. The van der Waals surface area contributed by atoms with E-state index in [1.807, 2.05) is 0 Å². The van der Waals surface area contributed by atoms with E-state index in [4.69, 9.17) is 21.8 Å². The Morgan fingerprint density at radius 1 is 1.44 bits per heavy atom. The first-order valence-electron chi connectivity index (χ1n) is 5.01. The molecule has 18 heavy (non-hydrogen) atoms. The van der Waals surface area contributed by atoms with Crippen LogP contribution in [0.2, 0.25) is 5.15 Å². The van der Waals surface area contributed by atoms with Crippen molar-refractivity contribution in [3.63, 3.8) is 0 Å². The normalized spacial score (nSPS) is 10.4. The van der Waals surface area contributed by atoms with E-state index in [0.717, 1.165) is 0 Å². The number of furan rings is 1. The van der Waals surface area contributed by atoms with E-state index in [1.54, 1.807) is 19.1 Å². The third-order valence-corrected chi connectivity index (χ3v) is 2.50. The van der Waals surface area contributed by atoms with Crippen LogP contribution in [0.1, 0.15) is 16.2 Å². The molecule has 0 saturated heterocycles. The number of nitrogens with zero attached hydrogens (tertiary/aromatic N) is 2. The molecule has 0 aliphatic heterocycles. The number of ether oxygens (including phenoxy) is 1. The van der Waals surface area contributed by atoms with Crippen LogP contribution in [0.5, 0.6) is 0 Å². The summed E-state index contributed by atoms with van der Waals surface area (Å²) in [6.07, 6.45) is 0. The summed E-state index contributed by atoms with van der Waals surface area (Å²) in [5.41, 5.74) is 5.81. The molecule has 6 nitrogen and oxygen atoms in total. The van der Waals surface area contributed by atoms with Crippen molar-refractivity contribution >= 4 is 23.4 Å². The number of rotatable bonds is 2. The van der Waals surface area contributed by atoms with Crippen LogP contribution in [0, 0.1) is 6.92 Å². The summed E-state index contributed by atoms with van der Waals surface area (Å²) in [7, 11) is 1.22. The molecule has 0 unspecified atom stereocenters. The highest BCUT2D eigenvalue weighted by atomic mass is 35.5. The van der Waals surface area contributed by atoms with Gasteiger partial charge >= 0.3 is 5.97 Å². The number of carbonyl (C=O) groups is 1. The second-order valence-electron chi connectivity index (χ2n) is 3.50. The number of nitrogens with two attached hydrogens (primary N) is 1. The fourth-order valence-electron chi connectivity index (χ4n) is 1.39. The van der Waals surface area contributed by atoms with Gasteiger partial charge in [0.1, 0.15) is 11.5 Å². The second kappa shape index (κ2) is 4.66. The average molecular weight is 268 g/mol. The Balaban J connectivity index is 2.52. The van der Waals surface area contributed by atoms with Crippen molar-refractivity contribution in [3.05, 3.63) is 28.7 Å². The van der Waals surface area contributed by atoms with Gasteiger partial charge in [-0.25, -0.2) is 14.8 Å². The molecule has 7 heteroatoms. The second-order valence-corrected chi connectivity index (χ2v) is 3.86. The molecule has 0 amide bonds. The topological polar surface area (TPSA) is 91.2 Å². The molecular formula is C11H10ClN3O3. The minimum Gasteiger partial charge on any atom is -0.464 e. The van der Waals surface area contributed by atoms with E-state index in [0.29, 0.717) is 11.5 Å². The molecule has 2 heterocycles. The maximum atomic E-state index is 11.4. The highest BCUT2D eigenvalue weighted by molar-refractivity contribution is 6.32. The minimum absolute atomic E-state index is 0.0268. The number of halogens is 1. The number of methoxy groups -OCH3 is 1. The van der Waals surface area contributed by atoms with Gasteiger partial charge in [-0.2, -0.15) is 0 Å². The van der Waals surface area contributed by atoms with Crippen molar-refractivity contribution < 1.29 is 13.9 Å². The van der Waals surface area contributed by atoms with Gasteiger partial charge in [-0.05, 0) is 19.1 Å². The summed E-state index contributed by atoms with van der Waals surface area (Å²) in [5, 5.41) is 0.0268. The van der Waals surface area contributed by atoms with Crippen LogP contribution in [0.15, 0.2) is 16.5 Å². The van der Waals surface area contributed by atoms with Crippen LogP contribution in [0.3, 0.4) is 0 Å². The van der Waals surface area contributed by atoms with Crippen LogP contribution in [-0.4, -0.2) is 23.0 Å². The van der Waals surface area contributed by atoms with Gasteiger partial charge in [0.15, 0.2) is 22.4 Å². The largest absolute Gasteiger partial charge is 0.464 e. The van der Waals surface area contributed by atoms with E-state index >= 15 is 0 Å². The number of hydrogen-bond acceptors (Lipinski definition) is 6. The summed E-state index contributed by atoms with van der Waals surface area (Å²) in [4.78, 5) is 19.2. The smallest absolute Gasteiger partial charge is 0.360 e. The molecule has 0 aliphatic carbocycles. The molecule has 0 saturated carbocycles. The monoisotopic (exact) mass is 267 g/mol. The number of aryl methyl sites for hydroxylation is 1. The molecule has 0 spiro atoms. The molecule has 0 atom stereocenters. The lowest BCUT2D eigenvalue weighted by atomic mass is 10.3. The molecule has 0 bridgehead atoms. The highest BCUT2D eigenvalue weighted by Crippen LogP contribution is 2.28. The molecule has 0 aromatic carbocycles. The minimum atomic E-state index is -0.691. The van der Waals surface area contributed by atoms with Gasteiger partial charge in [0, 0.05) is 0 Å². The zero-order valence-corrected chi connectivity index (χ0v) is 10.5. The third kappa shape index (κ3) is 2.14. The van der Waals surface area contributed by atoms with Crippen molar-refractivity contribution in [3.8, 4) is 11.5 Å². The Morgan fingerprint density at radius 2 is 2.17 bits per heavy atom. The van der Waals surface area contributed by atoms with Gasteiger partial charge < -0.3 is 14.9 Å². The molecule has 0 radical (unpaired) electrons. The first kappa shape index (κ1) is 12.4. The quantitative estimate of drug-likeness (QED) is 0.838. The van der Waals surface area contributed by atoms with Crippen LogP contribution in [0.25, 0.3) is 11.5 Å². The Bertz CT molecular complexity index is 610. The zero-order valence-electron chi connectivity index (χ0n) is 9.73. The molecule has 0 aliphatic rings. The molecule has 0 fully saturated rings. The van der Waals surface area contributed by atoms with Gasteiger partial charge in [-0.1, -0.05) is 11.6 Å². The lowest BCUT2D eigenvalue weighted by Crippen LogP contribution is -2.11. The number of esters is 1. The molecule has 94 valence electrons. The standard InChI is InChI=1S/C11H10ClN3O3/c1-5-3-4-6(18-5)7-9(12)14-8(10(13)15-7)11(16)17-2/h3-4H,1-2H3,(H2,13,15). The van der Waals surface area contributed by atoms with Crippen molar-refractivity contribution in [1.29, 1.82) is 0 Å². The predicted octanol–water partition coefficient (Wildman–Crippen LogP) is 2.07. The summed E-state index contributed by atoms with van der Waals surface area (Å²) >= 11 is 5.95. The summed E-state index contributed by atoms with van der Waals surface area (Å²) < 4.78 is 9.89. The number of hydrogen-bond donors (Lipinski definition) is 1. The van der Waals surface area contributed by atoms with E-state index in [9.17, 15) is 4.79 Å². The fourth-order valence-corrected chi connectivity index (χ4v) is 1.61. The third-order valence-electron chi connectivity index (χ3n) is 2.23. The Hall–Kier alpha value is -2.08. The molecular weight excluding hydrogens is 258 g/mol. The Kier molecular flexibility index (Phi) is 3.20. The molecule has 2 aromatic heterocycles. The first-order chi connectivity index (χ1) is 8.52. The van der Waals surface area contributed by atoms with Gasteiger partial charge in [0.25, 0.3) is 0 Å². The van der Waals surface area contributed by atoms with Gasteiger partial charge in [-0.3, -0.25) is 0 Å². The number of carbonyl (C=O) groups excluding carboxylic acids is 1. The Labute approximate surface area is 108 Å². The van der Waals surface area contributed by atoms with Gasteiger partial charge in [-0.15, -0.1) is 0 Å². The van der Waals surface area contributed by atoms with E-state index in [1.165, 1.54) is 7.11 Å². The fraction of sp³-hybridized carbons (Fsp3) is 0.182. The molecule has 2 rings (SSSR count). The van der Waals surface area contributed by atoms with Crippen molar-refractivity contribution in [2.45, 2.75) is 6.92 Å². The van der Waals surface area contributed by atoms with Gasteiger partial charge in [0.2, 0.25) is 0 Å². The van der Waals surface area contributed by atoms with Crippen molar-refractivity contribution in [1.82, 2.24) is 9.97 Å². The summed E-state index contributed by atoms with van der Waals surface area (Å²) in [6.45, 7) is 1.79. The van der Waals surface area contributed by atoms with Crippen LogP contribution >= 0.6 is 11.6 Å². The average Bonchev–Trinajstić information content (AvgIpc) is 2.77. The number of nitrogen functional groups attached to an aromatic ring is 1. The van der Waals surface area contributed by atoms with Crippen LogP contribution < -0.4 is 5.73 Å². The maximum absolute atomic E-state index is 11.4. The molecule has 2 aromatic rings. The van der Waals surface area contributed by atoms with Gasteiger partial charge in [0.05, 0.1) is 7.11 Å². The highest BCUT2D eigenvalue weighted by Gasteiger charge is 2.19. The zero-order chi connectivity index (χ0) is 13.3. The van der Waals surface area contributed by atoms with Crippen LogP contribution in [0.4, 0.5) is 5.82 Å². The first-order valence-corrected chi connectivity index (χ1v) is 5.39. The van der Waals surface area contributed by atoms with E-state index < -0.39 is 5.97 Å². The van der Waals surface area contributed by atoms with Crippen LogP contribution in [-0.2, 0) is 4.74 Å². The Morgan fingerprint density at radius 3 is 2.72 bits per heavy atom.